The molecule has 1 fully saturated rings. The number of imidazole rings is 1. The number of nitrogens with one attached hydrogen (secondary N) is 1. The van der Waals surface area contributed by atoms with Gasteiger partial charge in [-0.1, -0.05) is 35.9 Å². The zero-order valence-corrected chi connectivity index (χ0v) is 25.0. The van der Waals surface area contributed by atoms with E-state index in [0.29, 0.717) is 40.8 Å². The molecule has 1 aliphatic rings. The number of fused-ring (bicyclic) bond motifs is 1. The van der Waals surface area contributed by atoms with E-state index in [1.807, 2.05) is 74.5 Å². The van der Waals surface area contributed by atoms with E-state index in [9.17, 15) is 9.69 Å². The number of hydrogen-bond donors (Lipinski definition) is 2. The van der Waals surface area contributed by atoms with Gasteiger partial charge in [-0.3, -0.25) is 4.57 Å². The predicted octanol–water partition coefficient (Wildman–Crippen LogP) is 7.11. The number of oxazole rings is 1. The summed E-state index contributed by atoms with van der Waals surface area (Å²) in [7, 11) is -3.29. The molecule has 1 amide bonds. The summed E-state index contributed by atoms with van der Waals surface area (Å²) < 4.78 is 19.6. The van der Waals surface area contributed by atoms with E-state index in [1.165, 1.54) is 0 Å². The van der Waals surface area contributed by atoms with Crippen molar-refractivity contribution in [2.75, 3.05) is 5.32 Å². The van der Waals surface area contributed by atoms with Crippen LogP contribution >= 0.6 is 19.5 Å². The van der Waals surface area contributed by atoms with Crippen LogP contribution in [-0.2, 0) is 26.4 Å². The molecule has 2 atom stereocenters. The molecule has 0 saturated carbocycles. The molecule has 1 aliphatic heterocycles. The van der Waals surface area contributed by atoms with E-state index < -0.39 is 7.94 Å². The first-order chi connectivity index (χ1) is 20.2. The fourth-order valence-electron chi connectivity index (χ4n) is 5.27. The van der Waals surface area contributed by atoms with Gasteiger partial charge in [-0.2, -0.15) is 0 Å². The van der Waals surface area contributed by atoms with E-state index in [-0.39, 0.29) is 24.5 Å². The first kappa shape index (κ1) is 28.5. The Kier molecular flexibility index (Phi) is 8.12. The minimum atomic E-state index is -3.29. The van der Waals surface area contributed by atoms with Crippen LogP contribution in [0.25, 0.3) is 28.3 Å². The Morgan fingerprint density at radius 3 is 2.50 bits per heavy atom. The molecule has 42 heavy (non-hydrogen) atoms. The van der Waals surface area contributed by atoms with Gasteiger partial charge in [0.05, 0.1) is 11.0 Å². The molecule has 0 radical (unpaired) electrons. The van der Waals surface area contributed by atoms with Crippen molar-refractivity contribution in [2.24, 2.45) is 0 Å². The summed E-state index contributed by atoms with van der Waals surface area (Å²) in [6.45, 7) is 3.90. The Balaban J connectivity index is 1.15. The zero-order valence-electron chi connectivity index (χ0n) is 23.3. The number of nitrogens with zero attached hydrogens (tertiary/aromatic N) is 3. The van der Waals surface area contributed by atoms with Crippen molar-refractivity contribution < 1.29 is 23.2 Å². The third-order valence-corrected chi connectivity index (χ3v) is 9.79. The second-order valence-electron chi connectivity index (χ2n) is 10.6. The summed E-state index contributed by atoms with van der Waals surface area (Å²) in [4.78, 5) is 33.1. The van der Waals surface area contributed by atoms with E-state index in [0.717, 1.165) is 28.6 Å². The summed E-state index contributed by atoms with van der Waals surface area (Å²) in [5.74, 6) is 0.426. The summed E-state index contributed by atoms with van der Waals surface area (Å²) in [6, 6.07) is 22.8. The number of amides is 1. The Morgan fingerprint density at radius 2 is 1.76 bits per heavy atom. The molecule has 2 aromatic heterocycles. The van der Waals surface area contributed by atoms with Gasteiger partial charge in [0.2, 0.25) is 0 Å². The first-order valence-corrected chi connectivity index (χ1v) is 16.2. The topological polar surface area (TPSA) is 112 Å². The maximum absolute atomic E-state index is 12.9. The molecule has 2 N–H and O–H groups in total. The van der Waals surface area contributed by atoms with Crippen LogP contribution in [-0.4, -0.2) is 37.5 Å². The number of benzene rings is 3. The SMILES string of the molecule is CC1CC(C)O[PH](O)(Cc2ccc(NC(=O)CCc3oc(-n4cnc5ccccc54)nc3-c3ccc(Cl)cc3)cc2)O1. The molecule has 5 aromatic rings. The monoisotopic (exact) mass is 606 g/mol. The molecule has 9 nitrogen and oxygen atoms in total. The second-order valence-corrected chi connectivity index (χ2v) is 13.3. The van der Waals surface area contributed by atoms with Crippen molar-refractivity contribution in [3.05, 3.63) is 95.5 Å². The maximum atomic E-state index is 12.9. The van der Waals surface area contributed by atoms with E-state index in [4.69, 9.17) is 30.0 Å². The van der Waals surface area contributed by atoms with Crippen LogP contribution < -0.4 is 5.32 Å². The molecular weight excluding hydrogens is 575 g/mol. The molecule has 0 bridgehead atoms. The molecular formula is C31H32ClN4O5P. The quantitative estimate of drug-likeness (QED) is 0.181. The van der Waals surface area contributed by atoms with Crippen LogP contribution in [0.3, 0.4) is 0 Å². The number of halogens is 1. The third-order valence-electron chi connectivity index (χ3n) is 7.14. The number of para-hydroxylation sites is 2. The number of carbonyl (C=O) groups excluding carboxylic acids is 1. The van der Waals surface area contributed by atoms with Gasteiger partial charge in [-0.15, -0.1) is 0 Å². The normalized spacial score (nSPS) is 19.0. The van der Waals surface area contributed by atoms with Gasteiger partial charge in [0, 0.05) is 5.02 Å². The average molecular weight is 607 g/mol. The molecule has 1 saturated heterocycles. The second kappa shape index (κ2) is 12.0. The molecule has 11 heteroatoms. The van der Waals surface area contributed by atoms with E-state index >= 15 is 0 Å². The van der Waals surface area contributed by atoms with Crippen LogP contribution in [0.5, 0.6) is 0 Å². The fraction of sp³-hybridized carbons (Fsp3) is 0.258. The molecule has 0 spiro atoms. The Labute approximate surface area is 249 Å². The van der Waals surface area contributed by atoms with Gasteiger partial charge in [-0.25, -0.2) is 4.98 Å². The molecule has 0 aliphatic carbocycles. The Hall–Kier alpha value is -3.59. The van der Waals surface area contributed by atoms with Gasteiger partial charge in [0.15, 0.2) is 0 Å². The number of carbonyl (C=O) groups is 1. The average Bonchev–Trinajstić information content (AvgIpc) is 3.57. The number of aryl methyl sites for hydroxylation is 1. The number of hydrogen-bond acceptors (Lipinski definition) is 7. The fourth-order valence-corrected chi connectivity index (χ4v) is 7.82. The summed E-state index contributed by atoms with van der Waals surface area (Å²) >= 11 is 6.12. The van der Waals surface area contributed by atoms with Crippen LogP contribution in [0.15, 0.2) is 83.5 Å². The summed E-state index contributed by atoms with van der Waals surface area (Å²) in [6.07, 6.45) is 3.21. The molecule has 218 valence electrons. The minimum absolute atomic E-state index is 0.0380. The van der Waals surface area contributed by atoms with Gasteiger partial charge in [0.25, 0.3) is 0 Å². The van der Waals surface area contributed by atoms with Crippen LogP contribution in [0.1, 0.15) is 38.0 Å². The summed E-state index contributed by atoms with van der Waals surface area (Å²) in [5.41, 5.74) is 4.73. The molecule has 3 aromatic carbocycles. The number of rotatable bonds is 8. The van der Waals surface area contributed by atoms with Crippen molar-refractivity contribution in [3.8, 4) is 17.3 Å². The predicted molar refractivity (Wildman–Crippen MR) is 165 cm³/mol. The Bertz CT molecular complexity index is 1690. The molecule has 6 rings (SSSR count). The van der Waals surface area contributed by atoms with Crippen molar-refractivity contribution in [1.82, 2.24) is 14.5 Å². The standard InChI is InChI=1S/C31H32ClN4O5P/c1-20-17-21(2)41-42(38,40-20)18-22-7-13-25(14-8-22)34-29(37)16-15-28-30(23-9-11-24(32)12-10-23)35-31(39-28)36-19-33-26-5-3-4-6-27(26)36/h3-14,19-21,38,42H,15-18H2,1-2H3,(H,34,37). The molecule has 3 heterocycles. The number of anilines is 1. The van der Waals surface area contributed by atoms with E-state index in [1.54, 1.807) is 23.0 Å². The molecule has 2 unspecified atom stereocenters. The zero-order chi connectivity index (χ0) is 29.3. The van der Waals surface area contributed by atoms with Crippen LogP contribution in [0, 0.1) is 0 Å². The van der Waals surface area contributed by atoms with Crippen molar-refractivity contribution >= 4 is 42.2 Å². The number of aromatic nitrogens is 3. The van der Waals surface area contributed by atoms with Crippen molar-refractivity contribution in [3.63, 3.8) is 0 Å². The van der Waals surface area contributed by atoms with Crippen molar-refractivity contribution in [2.45, 2.75) is 51.5 Å². The first-order valence-electron chi connectivity index (χ1n) is 13.9. The third kappa shape index (κ3) is 6.41. The van der Waals surface area contributed by atoms with Crippen LogP contribution in [0.2, 0.25) is 5.02 Å². The van der Waals surface area contributed by atoms with Gasteiger partial charge >= 0.3 is 157 Å². The summed E-state index contributed by atoms with van der Waals surface area (Å²) in [5, 5.41) is 3.56. The van der Waals surface area contributed by atoms with Gasteiger partial charge in [0.1, 0.15) is 6.33 Å². The van der Waals surface area contributed by atoms with Crippen LogP contribution in [0.4, 0.5) is 5.69 Å². The van der Waals surface area contributed by atoms with E-state index in [2.05, 4.69) is 10.3 Å². The van der Waals surface area contributed by atoms with Gasteiger partial charge < -0.3 is 0 Å². The van der Waals surface area contributed by atoms with Crippen molar-refractivity contribution in [1.29, 1.82) is 0 Å². The Morgan fingerprint density at radius 1 is 1.05 bits per heavy atom. The van der Waals surface area contributed by atoms with Gasteiger partial charge in [-0.05, 0) is 24.3 Å².